The van der Waals surface area contributed by atoms with Gasteiger partial charge >= 0.3 is 0 Å². The van der Waals surface area contributed by atoms with Crippen LogP contribution >= 0.6 is 11.8 Å². The molecule has 1 saturated heterocycles. The summed E-state index contributed by atoms with van der Waals surface area (Å²) in [6.45, 7) is 6.12. The van der Waals surface area contributed by atoms with Crippen LogP contribution in [0.25, 0.3) is 0 Å². The molecule has 0 spiro atoms. The maximum atomic E-state index is 10.0. The molecule has 3 nitrogen and oxygen atoms in total. The minimum Gasteiger partial charge on any atom is -0.394 e. The molecule has 0 bridgehead atoms. The van der Waals surface area contributed by atoms with Gasteiger partial charge in [0, 0.05) is 6.04 Å². The third-order valence-electron chi connectivity index (χ3n) is 3.65. The normalized spacial score (nSPS) is 18.8. The monoisotopic (exact) mass is 295 g/mol. The fraction of sp³-hybridized carbons (Fsp3) is 0.625. The van der Waals surface area contributed by atoms with E-state index in [9.17, 15) is 5.11 Å². The van der Waals surface area contributed by atoms with Gasteiger partial charge in [-0.05, 0) is 31.6 Å². The third-order valence-corrected chi connectivity index (χ3v) is 4.83. The third kappa shape index (κ3) is 3.98. The van der Waals surface area contributed by atoms with E-state index in [0.717, 1.165) is 25.4 Å². The number of nitrogens with one attached hydrogen (secondary N) is 1. The first kappa shape index (κ1) is 15.8. The van der Waals surface area contributed by atoms with Crippen molar-refractivity contribution in [2.45, 2.75) is 37.1 Å². The molecule has 1 aromatic carbocycles. The van der Waals surface area contributed by atoms with Gasteiger partial charge in [-0.25, -0.2) is 0 Å². The number of aliphatic hydroxyl groups excluding tert-OH is 1. The summed E-state index contributed by atoms with van der Waals surface area (Å²) in [4.78, 5) is 0. The second-order valence-corrected chi connectivity index (χ2v) is 7.09. The van der Waals surface area contributed by atoms with Crippen molar-refractivity contribution in [1.82, 2.24) is 5.32 Å². The van der Waals surface area contributed by atoms with E-state index in [-0.39, 0.29) is 12.1 Å². The van der Waals surface area contributed by atoms with Crippen LogP contribution in [0.2, 0.25) is 0 Å². The first-order valence-corrected chi connectivity index (χ1v) is 8.34. The molecule has 0 aromatic heterocycles. The van der Waals surface area contributed by atoms with Crippen LogP contribution in [0, 0.1) is 0 Å². The number of ether oxygens (including phenoxy) is 1. The van der Waals surface area contributed by atoms with E-state index in [2.05, 4.69) is 31.3 Å². The largest absolute Gasteiger partial charge is 0.394 e. The number of hydrogen-bond donors (Lipinski definition) is 2. The van der Waals surface area contributed by atoms with Gasteiger partial charge in [0.1, 0.15) is 0 Å². The van der Waals surface area contributed by atoms with E-state index >= 15 is 0 Å². The summed E-state index contributed by atoms with van der Waals surface area (Å²) in [5.74, 6) is 1.03. The van der Waals surface area contributed by atoms with Gasteiger partial charge in [0.25, 0.3) is 0 Å². The highest BCUT2D eigenvalue weighted by molar-refractivity contribution is 8.00. The standard InChI is InChI=1S/C16H25NO2S/c1-13(2)17-16(12-18,14-6-4-3-5-7-14)8-9-20-15-10-19-11-15/h3-7,13,15,17-18H,8-12H2,1-2H3. The lowest BCUT2D eigenvalue weighted by molar-refractivity contribution is 0.0454. The minimum atomic E-state index is -0.340. The molecule has 1 unspecified atom stereocenters. The Balaban J connectivity index is 2.05. The van der Waals surface area contributed by atoms with Crippen LogP contribution in [-0.2, 0) is 10.3 Å². The number of aliphatic hydroxyl groups is 1. The molecule has 0 radical (unpaired) electrons. The van der Waals surface area contributed by atoms with Gasteiger partial charge in [0.05, 0.1) is 30.6 Å². The first-order chi connectivity index (χ1) is 9.66. The van der Waals surface area contributed by atoms with Crippen LogP contribution in [0.3, 0.4) is 0 Å². The summed E-state index contributed by atoms with van der Waals surface area (Å²) in [5, 5.41) is 14.2. The smallest absolute Gasteiger partial charge is 0.0678 e. The van der Waals surface area contributed by atoms with Crippen molar-refractivity contribution in [3.63, 3.8) is 0 Å². The SMILES string of the molecule is CC(C)NC(CO)(CCSC1COC1)c1ccccc1. The van der Waals surface area contributed by atoms with Gasteiger partial charge in [-0.2, -0.15) is 11.8 Å². The maximum absolute atomic E-state index is 10.0. The summed E-state index contributed by atoms with van der Waals surface area (Å²) in [5.41, 5.74) is 0.828. The molecular weight excluding hydrogens is 270 g/mol. The second kappa shape index (κ2) is 7.46. The molecule has 0 amide bonds. The molecule has 0 aliphatic carbocycles. The fourth-order valence-electron chi connectivity index (χ4n) is 2.54. The Labute approximate surface area is 126 Å². The average Bonchev–Trinajstić information content (AvgIpc) is 2.41. The highest BCUT2D eigenvalue weighted by atomic mass is 32.2. The number of benzene rings is 1. The quantitative estimate of drug-likeness (QED) is 0.773. The minimum absolute atomic E-state index is 0.122. The Morgan fingerprint density at radius 3 is 2.55 bits per heavy atom. The molecule has 1 aliphatic heterocycles. The molecule has 1 heterocycles. The highest BCUT2D eigenvalue weighted by Crippen LogP contribution is 2.29. The van der Waals surface area contributed by atoms with E-state index in [1.165, 1.54) is 5.56 Å². The van der Waals surface area contributed by atoms with Crippen molar-refractivity contribution in [2.24, 2.45) is 0 Å². The van der Waals surface area contributed by atoms with Crippen molar-refractivity contribution in [1.29, 1.82) is 0 Å². The summed E-state index contributed by atoms with van der Waals surface area (Å²) in [7, 11) is 0. The molecule has 1 fully saturated rings. The summed E-state index contributed by atoms with van der Waals surface area (Å²) >= 11 is 1.95. The van der Waals surface area contributed by atoms with Gasteiger partial charge in [0.2, 0.25) is 0 Å². The summed E-state index contributed by atoms with van der Waals surface area (Å²) < 4.78 is 5.21. The van der Waals surface area contributed by atoms with Gasteiger partial charge in [-0.15, -0.1) is 0 Å². The Morgan fingerprint density at radius 1 is 1.35 bits per heavy atom. The Kier molecular flexibility index (Phi) is 5.90. The van der Waals surface area contributed by atoms with Crippen molar-refractivity contribution < 1.29 is 9.84 Å². The molecule has 0 saturated carbocycles. The lowest BCUT2D eigenvalue weighted by Crippen LogP contribution is -2.49. The molecule has 1 aromatic rings. The van der Waals surface area contributed by atoms with Gasteiger partial charge in [-0.1, -0.05) is 30.3 Å². The van der Waals surface area contributed by atoms with Crippen LogP contribution < -0.4 is 5.32 Å². The van der Waals surface area contributed by atoms with E-state index in [0.29, 0.717) is 11.3 Å². The Hall–Kier alpha value is -0.550. The molecule has 2 rings (SSSR count). The van der Waals surface area contributed by atoms with Crippen molar-refractivity contribution in [2.75, 3.05) is 25.6 Å². The number of rotatable bonds is 8. The van der Waals surface area contributed by atoms with E-state index in [4.69, 9.17) is 4.74 Å². The zero-order valence-electron chi connectivity index (χ0n) is 12.3. The lowest BCUT2D eigenvalue weighted by Gasteiger charge is -2.36. The maximum Gasteiger partial charge on any atom is 0.0678 e. The predicted octanol–water partition coefficient (Wildman–Crippen LogP) is 2.39. The number of thioether (sulfide) groups is 1. The summed E-state index contributed by atoms with van der Waals surface area (Å²) in [6.07, 6.45) is 0.923. The van der Waals surface area contributed by atoms with Gasteiger partial charge in [0.15, 0.2) is 0 Å². The van der Waals surface area contributed by atoms with Crippen molar-refractivity contribution in [3.05, 3.63) is 35.9 Å². The molecular formula is C16H25NO2S. The Bertz CT molecular complexity index is 395. The van der Waals surface area contributed by atoms with Crippen LogP contribution in [0.5, 0.6) is 0 Å². The molecule has 112 valence electrons. The van der Waals surface area contributed by atoms with Gasteiger partial charge < -0.3 is 15.2 Å². The van der Waals surface area contributed by atoms with E-state index in [1.807, 2.05) is 30.0 Å². The second-order valence-electron chi connectivity index (χ2n) is 5.69. The van der Waals surface area contributed by atoms with Gasteiger partial charge in [-0.3, -0.25) is 0 Å². The molecule has 20 heavy (non-hydrogen) atoms. The molecule has 1 aliphatic rings. The molecule has 2 N–H and O–H groups in total. The number of hydrogen-bond acceptors (Lipinski definition) is 4. The van der Waals surface area contributed by atoms with Crippen molar-refractivity contribution >= 4 is 11.8 Å². The zero-order chi connectivity index (χ0) is 14.4. The van der Waals surface area contributed by atoms with Crippen LogP contribution in [0.4, 0.5) is 0 Å². The summed E-state index contributed by atoms with van der Waals surface area (Å²) in [6, 6.07) is 10.6. The lowest BCUT2D eigenvalue weighted by atomic mass is 9.87. The van der Waals surface area contributed by atoms with Crippen LogP contribution in [0.1, 0.15) is 25.8 Å². The van der Waals surface area contributed by atoms with E-state index < -0.39 is 0 Å². The molecule has 1 atom stereocenters. The average molecular weight is 295 g/mol. The zero-order valence-corrected chi connectivity index (χ0v) is 13.2. The fourth-order valence-corrected chi connectivity index (χ4v) is 3.72. The highest BCUT2D eigenvalue weighted by Gasteiger charge is 2.32. The first-order valence-electron chi connectivity index (χ1n) is 7.30. The molecule has 4 heteroatoms. The van der Waals surface area contributed by atoms with E-state index in [1.54, 1.807) is 0 Å². The van der Waals surface area contributed by atoms with Crippen LogP contribution in [0.15, 0.2) is 30.3 Å². The Morgan fingerprint density at radius 2 is 2.05 bits per heavy atom. The predicted molar refractivity (Wildman–Crippen MR) is 85.2 cm³/mol. The van der Waals surface area contributed by atoms with Crippen molar-refractivity contribution in [3.8, 4) is 0 Å². The topological polar surface area (TPSA) is 41.5 Å². The van der Waals surface area contributed by atoms with Crippen LogP contribution in [-0.4, -0.2) is 42.0 Å².